The van der Waals surface area contributed by atoms with Gasteiger partial charge in [-0.2, -0.15) is 0 Å². The summed E-state index contributed by atoms with van der Waals surface area (Å²) in [4.78, 5) is 4.30. The van der Waals surface area contributed by atoms with E-state index >= 15 is 0 Å². The Kier molecular flexibility index (Phi) is 3.41. The van der Waals surface area contributed by atoms with E-state index in [1.165, 1.54) is 19.3 Å². The summed E-state index contributed by atoms with van der Waals surface area (Å²) in [6, 6.07) is 6.49. The molecule has 2 heterocycles. The molecule has 1 N–H and O–H groups in total. The average molecular weight is 264 g/mol. The first-order valence-electron chi connectivity index (χ1n) is 6.67. The van der Waals surface area contributed by atoms with Gasteiger partial charge in [0.2, 0.25) is 0 Å². The van der Waals surface area contributed by atoms with Crippen LogP contribution in [0.25, 0.3) is 5.65 Å². The number of fused-ring (bicyclic) bond motifs is 1. The second kappa shape index (κ2) is 5.19. The van der Waals surface area contributed by atoms with Crippen molar-refractivity contribution >= 4 is 23.1 Å². The zero-order valence-electron chi connectivity index (χ0n) is 10.3. The molecule has 1 aliphatic carbocycles. The van der Waals surface area contributed by atoms with Crippen LogP contribution in [0.2, 0.25) is 0 Å². The standard InChI is InChI=1S/C14H18ClN3/c15-11-5-2-1-3-6-12(11)17-14-8-4-7-13-16-9-10-18(13)14/h4,7-12,17H,1-3,5-6H2. The van der Waals surface area contributed by atoms with Gasteiger partial charge in [0.05, 0.1) is 5.38 Å². The maximum atomic E-state index is 6.47. The summed E-state index contributed by atoms with van der Waals surface area (Å²) in [5.41, 5.74) is 0.972. The molecule has 2 atom stereocenters. The van der Waals surface area contributed by atoms with E-state index in [1.54, 1.807) is 0 Å². The Bertz CT molecular complexity index is 522. The van der Waals surface area contributed by atoms with Crippen molar-refractivity contribution in [3.8, 4) is 0 Å². The molecular formula is C14H18ClN3. The van der Waals surface area contributed by atoms with Crippen LogP contribution in [0, 0.1) is 0 Å². The molecule has 0 bridgehead atoms. The average Bonchev–Trinajstić information content (AvgIpc) is 2.77. The lowest BCUT2D eigenvalue weighted by Crippen LogP contribution is -2.29. The molecule has 0 saturated heterocycles. The maximum Gasteiger partial charge on any atom is 0.138 e. The van der Waals surface area contributed by atoms with Crippen LogP contribution >= 0.6 is 11.6 Å². The Balaban J connectivity index is 1.84. The van der Waals surface area contributed by atoms with Crippen molar-refractivity contribution in [2.75, 3.05) is 5.32 Å². The smallest absolute Gasteiger partial charge is 0.138 e. The van der Waals surface area contributed by atoms with Crippen molar-refractivity contribution in [3.63, 3.8) is 0 Å². The molecule has 1 aliphatic rings. The van der Waals surface area contributed by atoms with Gasteiger partial charge in [0.1, 0.15) is 11.5 Å². The molecule has 1 saturated carbocycles. The number of hydrogen-bond donors (Lipinski definition) is 1. The fourth-order valence-electron chi connectivity index (χ4n) is 2.68. The topological polar surface area (TPSA) is 29.3 Å². The van der Waals surface area contributed by atoms with Crippen LogP contribution in [0.15, 0.2) is 30.6 Å². The lowest BCUT2D eigenvalue weighted by Gasteiger charge is -2.22. The van der Waals surface area contributed by atoms with Gasteiger partial charge in [-0.25, -0.2) is 4.98 Å². The van der Waals surface area contributed by atoms with E-state index in [0.29, 0.717) is 6.04 Å². The molecule has 2 aromatic rings. The molecule has 0 aliphatic heterocycles. The fraction of sp³-hybridized carbons (Fsp3) is 0.500. The summed E-state index contributed by atoms with van der Waals surface area (Å²) in [5.74, 6) is 1.09. The van der Waals surface area contributed by atoms with Gasteiger partial charge >= 0.3 is 0 Å². The Hall–Kier alpha value is -1.22. The summed E-state index contributed by atoms with van der Waals surface area (Å²) in [6.07, 6.45) is 9.89. The van der Waals surface area contributed by atoms with Crippen LogP contribution in [-0.4, -0.2) is 20.8 Å². The lowest BCUT2D eigenvalue weighted by atomic mass is 10.1. The number of anilines is 1. The van der Waals surface area contributed by atoms with Crippen LogP contribution < -0.4 is 5.32 Å². The number of halogens is 1. The zero-order valence-corrected chi connectivity index (χ0v) is 11.1. The molecule has 0 aromatic carbocycles. The van der Waals surface area contributed by atoms with Gasteiger partial charge in [0.25, 0.3) is 0 Å². The van der Waals surface area contributed by atoms with Crippen molar-refractivity contribution in [2.45, 2.75) is 43.5 Å². The van der Waals surface area contributed by atoms with Gasteiger partial charge < -0.3 is 5.32 Å². The summed E-state index contributed by atoms with van der Waals surface area (Å²) < 4.78 is 2.08. The molecule has 18 heavy (non-hydrogen) atoms. The Morgan fingerprint density at radius 2 is 2.11 bits per heavy atom. The van der Waals surface area contributed by atoms with Crippen molar-refractivity contribution in [1.29, 1.82) is 0 Å². The van der Waals surface area contributed by atoms with Gasteiger partial charge in [0, 0.05) is 18.4 Å². The highest BCUT2D eigenvalue weighted by Crippen LogP contribution is 2.25. The molecule has 0 radical (unpaired) electrons. The first-order valence-corrected chi connectivity index (χ1v) is 7.11. The molecule has 3 nitrogen and oxygen atoms in total. The third-order valence-electron chi connectivity index (χ3n) is 3.69. The van der Waals surface area contributed by atoms with E-state index in [2.05, 4.69) is 20.8 Å². The third kappa shape index (κ3) is 2.32. The predicted octanol–water partition coefficient (Wildman–Crippen LogP) is 3.69. The molecule has 3 rings (SSSR count). The lowest BCUT2D eigenvalue weighted by molar-refractivity contribution is 0.624. The Labute approximate surface area is 112 Å². The van der Waals surface area contributed by atoms with Gasteiger partial charge in [-0.05, 0) is 25.0 Å². The van der Waals surface area contributed by atoms with Crippen LogP contribution in [-0.2, 0) is 0 Å². The molecule has 0 spiro atoms. The second-order valence-electron chi connectivity index (χ2n) is 4.97. The molecule has 2 unspecified atom stereocenters. The summed E-state index contributed by atoms with van der Waals surface area (Å²) >= 11 is 6.47. The molecule has 0 amide bonds. The zero-order chi connectivity index (χ0) is 12.4. The fourth-order valence-corrected chi connectivity index (χ4v) is 3.02. The van der Waals surface area contributed by atoms with E-state index < -0.39 is 0 Å². The minimum atomic E-state index is 0.228. The van der Waals surface area contributed by atoms with Gasteiger partial charge in [-0.3, -0.25) is 4.40 Å². The Morgan fingerprint density at radius 3 is 3.06 bits per heavy atom. The highest BCUT2D eigenvalue weighted by atomic mass is 35.5. The minimum absolute atomic E-state index is 0.228. The third-order valence-corrected chi connectivity index (χ3v) is 4.22. The number of hydrogen-bond acceptors (Lipinski definition) is 2. The highest BCUT2D eigenvalue weighted by molar-refractivity contribution is 6.21. The van der Waals surface area contributed by atoms with Crippen molar-refractivity contribution < 1.29 is 0 Å². The molecule has 4 heteroatoms. The van der Waals surface area contributed by atoms with Gasteiger partial charge in [-0.1, -0.05) is 25.3 Å². The first-order chi connectivity index (χ1) is 8.84. The number of alkyl halides is 1. The van der Waals surface area contributed by atoms with Crippen LogP contribution in [0.5, 0.6) is 0 Å². The minimum Gasteiger partial charge on any atom is -0.367 e. The first kappa shape index (κ1) is 11.8. The maximum absolute atomic E-state index is 6.47. The summed E-state index contributed by atoms with van der Waals surface area (Å²) in [6.45, 7) is 0. The largest absolute Gasteiger partial charge is 0.367 e. The number of rotatable bonds is 2. The molecular weight excluding hydrogens is 246 g/mol. The van der Waals surface area contributed by atoms with E-state index in [4.69, 9.17) is 11.6 Å². The predicted molar refractivity (Wildman–Crippen MR) is 75.3 cm³/mol. The van der Waals surface area contributed by atoms with E-state index in [1.807, 2.05) is 24.5 Å². The second-order valence-corrected chi connectivity index (χ2v) is 5.53. The van der Waals surface area contributed by atoms with Crippen LogP contribution in [0.4, 0.5) is 5.82 Å². The van der Waals surface area contributed by atoms with Gasteiger partial charge in [0.15, 0.2) is 0 Å². The number of imidazole rings is 1. The number of pyridine rings is 1. The van der Waals surface area contributed by atoms with E-state index in [0.717, 1.165) is 24.3 Å². The molecule has 2 aromatic heterocycles. The van der Waals surface area contributed by atoms with E-state index in [9.17, 15) is 0 Å². The van der Waals surface area contributed by atoms with Crippen LogP contribution in [0.1, 0.15) is 32.1 Å². The normalized spacial score (nSPS) is 24.9. The molecule has 1 fully saturated rings. The number of nitrogens with zero attached hydrogens (tertiary/aromatic N) is 2. The van der Waals surface area contributed by atoms with Crippen molar-refractivity contribution in [3.05, 3.63) is 30.6 Å². The highest BCUT2D eigenvalue weighted by Gasteiger charge is 2.21. The van der Waals surface area contributed by atoms with E-state index in [-0.39, 0.29) is 5.38 Å². The molecule has 96 valence electrons. The van der Waals surface area contributed by atoms with Gasteiger partial charge in [-0.15, -0.1) is 11.6 Å². The summed E-state index contributed by atoms with van der Waals surface area (Å²) in [7, 11) is 0. The van der Waals surface area contributed by atoms with Crippen LogP contribution in [0.3, 0.4) is 0 Å². The Morgan fingerprint density at radius 1 is 1.22 bits per heavy atom. The van der Waals surface area contributed by atoms with Crippen molar-refractivity contribution in [1.82, 2.24) is 9.38 Å². The number of nitrogens with one attached hydrogen (secondary N) is 1. The monoisotopic (exact) mass is 263 g/mol. The summed E-state index contributed by atoms with van der Waals surface area (Å²) in [5, 5.41) is 3.82. The SMILES string of the molecule is ClC1CCCCCC1Nc1cccc2nccn12. The van der Waals surface area contributed by atoms with Crippen molar-refractivity contribution in [2.24, 2.45) is 0 Å². The number of aromatic nitrogens is 2. The quantitative estimate of drug-likeness (QED) is 0.661.